The fourth-order valence-electron chi connectivity index (χ4n) is 2.61. The molecule has 1 aromatic heterocycles. The lowest BCUT2D eigenvalue weighted by Gasteiger charge is -2.09. The number of aryl methyl sites for hydroxylation is 1. The SMILES string of the molecule is CNCCCc1ncc(C2CCCCCC2)o1. The van der Waals surface area contributed by atoms with Crippen LogP contribution in [0.3, 0.4) is 0 Å². The summed E-state index contributed by atoms with van der Waals surface area (Å²) >= 11 is 0. The van der Waals surface area contributed by atoms with Gasteiger partial charge in [-0.2, -0.15) is 0 Å². The van der Waals surface area contributed by atoms with Crippen LogP contribution in [-0.4, -0.2) is 18.6 Å². The lowest BCUT2D eigenvalue weighted by Crippen LogP contribution is -2.08. The van der Waals surface area contributed by atoms with Crippen LogP contribution in [0, 0.1) is 0 Å². The predicted octanol–water partition coefficient (Wildman–Crippen LogP) is 3.26. The van der Waals surface area contributed by atoms with Crippen LogP contribution in [0.15, 0.2) is 10.6 Å². The van der Waals surface area contributed by atoms with Gasteiger partial charge in [-0.15, -0.1) is 0 Å². The Morgan fingerprint density at radius 2 is 2.06 bits per heavy atom. The van der Waals surface area contributed by atoms with Crippen molar-refractivity contribution < 1.29 is 4.42 Å². The first-order valence-electron chi connectivity index (χ1n) is 6.99. The van der Waals surface area contributed by atoms with Gasteiger partial charge in [-0.05, 0) is 32.9 Å². The Kier molecular flexibility index (Phi) is 5.05. The standard InChI is InChI=1S/C14H24N2O/c1-15-10-6-9-14-16-11-13(17-14)12-7-4-2-3-5-8-12/h11-12,15H,2-10H2,1H3. The van der Waals surface area contributed by atoms with E-state index in [0.717, 1.165) is 31.0 Å². The van der Waals surface area contributed by atoms with Crippen LogP contribution < -0.4 is 5.32 Å². The molecule has 1 fully saturated rings. The van der Waals surface area contributed by atoms with Crippen molar-refractivity contribution in [3.63, 3.8) is 0 Å². The van der Waals surface area contributed by atoms with E-state index in [-0.39, 0.29) is 0 Å². The first kappa shape index (κ1) is 12.6. The highest BCUT2D eigenvalue weighted by Crippen LogP contribution is 2.31. The fraction of sp³-hybridized carbons (Fsp3) is 0.786. The maximum atomic E-state index is 5.89. The molecule has 1 aromatic rings. The Labute approximate surface area is 104 Å². The Bertz CT molecular complexity index is 314. The van der Waals surface area contributed by atoms with Crippen molar-refractivity contribution >= 4 is 0 Å². The minimum atomic E-state index is 0.628. The quantitative estimate of drug-likeness (QED) is 0.630. The molecular formula is C14H24N2O. The molecule has 17 heavy (non-hydrogen) atoms. The molecule has 1 N–H and O–H groups in total. The van der Waals surface area contributed by atoms with Gasteiger partial charge < -0.3 is 9.73 Å². The monoisotopic (exact) mass is 236 g/mol. The van der Waals surface area contributed by atoms with Crippen LogP contribution in [0.25, 0.3) is 0 Å². The van der Waals surface area contributed by atoms with Gasteiger partial charge in [-0.25, -0.2) is 4.98 Å². The van der Waals surface area contributed by atoms with E-state index < -0.39 is 0 Å². The van der Waals surface area contributed by atoms with Crippen molar-refractivity contribution in [1.29, 1.82) is 0 Å². The van der Waals surface area contributed by atoms with Crippen molar-refractivity contribution in [2.24, 2.45) is 0 Å². The Morgan fingerprint density at radius 1 is 1.29 bits per heavy atom. The van der Waals surface area contributed by atoms with Gasteiger partial charge in [0.05, 0.1) is 6.20 Å². The van der Waals surface area contributed by atoms with Crippen molar-refractivity contribution in [1.82, 2.24) is 10.3 Å². The smallest absolute Gasteiger partial charge is 0.194 e. The summed E-state index contributed by atoms with van der Waals surface area (Å²) in [5, 5.41) is 3.15. The third kappa shape index (κ3) is 3.84. The summed E-state index contributed by atoms with van der Waals surface area (Å²) in [6.07, 6.45) is 12.1. The zero-order valence-corrected chi connectivity index (χ0v) is 10.9. The minimum absolute atomic E-state index is 0.628. The van der Waals surface area contributed by atoms with Gasteiger partial charge in [-0.1, -0.05) is 25.7 Å². The van der Waals surface area contributed by atoms with Gasteiger partial charge in [-0.3, -0.25) is 0 Å². The Balaban J connectivity index is 1.87. The van der Waals surface area contributed by atoms with E-state index >= 15 is 0 Å². The lowest BCUT2D eigenvalue weighted by molar-refractivity contribution is 0.400. The molecule has 0 saturated heterocycles. The van der Waals surface area contributed by atoms with E-state index in [2.05, 4.69) is 10.3 Å². The van der Waals surface area contributed by atoms with E-state index in [9.17, 15) is 0 Å². The molecule has 0 unspecified atom stereocenters. The molecule has 96 valence electrons. The lowest BCUT2D eigenvalue weighted by atomic mass is 9.98. The molecule has 1 aliphatic rings. The number of nitrogens with one attached hydrogen (secondary N) is 1. The van der Waals surface area contributed by atoms with Gasteiger partial charge in [0.15, 0.2) is 5.89 Å². The third-order valence-electron chi connectivity index (χ3n) is 3.65. The molecule has 3 nitrogen and oxygen atoms in total. The summed E-state index contributed by atoms with van der Waals surface area (Å²) in [5.41, 5.74) is 0. The van der Waals surface area contributed by atoms with E-state index in [0.29, 0.717) is 5.92 Å². The van der Waals surface area contributed by atoms with Crippen molar-refractivity contribution in [3.8, 4) is 0 Å². The number of rotatable bonds is 5. The molecule has 2 rings (SSSR count). The van der Waals surface area contributed by atoms with Gasteiger partial charge >= 0.3 is 0 Å². The number of hydrogen-bond donors (Lipinski definition) is 1. The molecule has 0 atom stereocenters. The first-order chi connectivity index (χ1) is 8.40. The van der Waals surface area contributed by atoms with Crippen LogP contribution in [0.2, 0.25) is 0 Å². The zero-order chi connectivity index (χ0) is 11.9. The molecule has 0 aromatic carbocycles. The summed E-state index contributed by atoms with van der Waals surface area (Å²) in [7, 11) is 1.98. The van der Waals surface area contributed by atoms with Crippen LogP contribution in [0.5, 0.6) is 0 Å². The Hall–Kier alpha value is -0.830. The largest absolute Gasteiger partial charge is 0.445 e. The van der Waals surface area contributed by atoms with E-state index in [1.807, 2.05) is 13.2 Å². The van der Waals surface area contributed by atoms with Crippen molar-refractivity contribution in [2.75, 3.05) is 13.6 Å². The number of aromatic nitrogens is 1. The highest BCUT2D eigenvalue weighted by Gasteiger charge is 2.18. The average Bonchev–Trinajstić information content (AvgIpc) is 2.64. The number of hydrogen-bond acceptors (Lipinski definition) is 3. The number of oxazole rings is 1. The topological polar surface area (TPSA) is 38.1 Å². The fourth-order valence-corrected chi connectivity index (χ4v) is 2.61. The second-order valence-corrected chi connectivity index (χ2v) is 5.05. The molecule has 1 aliphatic carbocycles. The molecular weight excluding hydrogens is 212 g/mol. The van der Waals surface area contributed by atoms with Gasteiger partial charge in [0.2, 0.25) is 0 Å². The highest BCUT2D eigenvalue weighted by molar-refractivity contribution is 5.02. The minimum Gasteiger partial charge on any atom is -0.445 e. The summed E-state index contributed by atoms with van der Waals surface area (Å²) in [5.74, 6) is 2.67. The zero-order valence-electron chi connectivity index (χ0n) is 10.9. The summed E-state index contributed by atoms with van der Waals surface area (Å²) in [6, 6.07) is 0. The van der Waals surface area contributed by atoms with Crippen molar-refractivity contribution in [3.05, 3.63) is 17.8 Å². The molecule has 0 spiro atoms. The molecule has 0 radical (unpaired) electrons. The predicted molar refractivity (Wildman–Crippen MR) is 69.2 cm³/mol. The molecule has 1 saturated carbocycles. The second-order valence-electron chi connectivity index (χ2n) is 5.05. The molecule has 0 bridgehead atoms. The maximum absolute atomic E-state index is 5.89. The highest BCUT2D eigenvalue weighted by atomic mass is 16.4. The van der Waals surface area contributed by atoms with Crippen LogP contribution >= 0.6 is 0 Å². The maximum Gasteiger partial charge on any atom is 0.194 e. The summed E-state index contributed by atoms with van der Waals surface area (Å²) in [6.45, 7) is 1.03. The molecule has 1 heterocycles. The summed E-state index contributed by atoms with van der Waals surface area (Å²) < 4.78 is 5.89. The van der Waals surface area contributed by atoms with Crippen LogP contribution in [0.1, 0.15) is 62.5 Å². The van der Waals surface area contributed by atoms with Crippen molar-refractivity contribution in [2.45, 2.75) is 57.3 Å². The van der Waals surface area contributed by atoms with E-state index in [4.69, 9.17) is 4.42 Å². The van der Waals surface area contributed by atoms with Crippen LogP contribution in [0.4, 0.5) is 0 Å². The number of nitrogens with zero attached hydrogens (tertiary/aromatic N) is 1. The summed E-state index contributed by atoms with van der Waals surface area (Å²) in [4.78, 5) is 4.40. The third-order valence-corrected chi connectivity index (χ3v) is 3.65. The first-order valence-corrected chi connectivity index (χ1v) is 6.99. The van der Waals surface area contributed by atoms with Gasteiger partial charge in [0.1, 0.15) is 5.76 Å². The average molecular weight is 236 g/mol. The van der Waals surface area contributed by atoms with E-state index in [1.165, 1.54) is 38.5 Å². The second kappa shape index (κ2) is 6.80. The molecule has 0 aliphatic heterocycles. The molecule has 3 heteroatoms. The van der Waals surface area contributed by atoms with Gasteiger partial charge in [0.25, 0.3) is 0 Å². The Morgan fingerprint density at radius 3 is 2.76 bits per heavy atom. The van der Waals surface area contributed by atoms with Crippen LogP contribution in [-0.2, 0) is 6.42 Å². The van der Waals surface area contributed by atoms with Gasteiger partial charge in [0, 0.05) is 12.3 Å². The molecule has 0 amide bonds. The van der Waals surface area contributed by atoms with E-state index in [1.54, 1.807) is 0 Å². The normalized spacial score (nSPS) is 18.2.